The highest BCUT2D eigenvalue weighted by molar-refractivity contribution is 7.98. The Balaban J connectivity index is 0.00000155. The molecule has 4 nitrogen and oxygen atoms in total. The van der Waals surface area contributed by atoms with Crippen molar-refractivity contribution in [3.8, 4) is 0 Å². The summed E-state index contributed by atoms with van der Waals surface area (Å²) in [6.07, 6.45) is 7.33. The minimum absolute atomic E-state index is 0.0316. The Morgan fingerprint density at radius 3 is 2.50 bits per heavy atom. The van der Waals surface area contributed by atoms with Crippen LogP contribution in [0.2, 0.25) is 10.0 Å². The van der Waals surface area contributed by atoms with Crippen LogP contribution in [-0.4, -0.2) is 32.7 Å². The lowest BCUT2D eigenvalue weighted by Gasteiger charge is -2.12. The van der Waals surface area contributed by atoms with Gasteiger partial charge in [0.15, 0.2) is 11.6 Å². The fraction of sp³-hybridized carbons (Fsp3) is 0.435. The van der Waals surface area contributed by atoms with Gasteiger partial charge in [-0.15, -0.1) is 0 Å². The third-order valence-electron chi connectivity index (χ3n) is 4.76. The van der Waals surface area contributed by atoms with Crippen LogP contribution in [-0.2, 0) is 6.42 Å². The first-order valence-electron chi connectivity index (χ1n) is 10.2. The van der Waals surface area contributed by atoms with E-state index in [-0.39, 0.29) is 11.6 Å². The number of hydrogen-bond donors (Lipinski definition) is 1. The van der Waals surface area contributed by atoms with Crippen molar-refractivity contribution in [1.82, 2.24) is 15.0 Å². The zero-order chi connectivity index (χ0) is 22.3. The molecule has 1 atom stereocenters. The van der Waals surface area contributed by atoms with Crippen LogP contribution in [0.25, 0.3) is 10.9 Å². The maximum absolute atomic E-state index is 12.4. The molecule has 1 N–H and O–H groups in total. The molecule has 0 bridgehead atoms. The van der Waals surface area contributed by atoms with Crippen molar-refractivity contribution in [2.45, 2.75) is 52.9 Å². The number of Topliss-reactive ketones (excluding diaryl/α,β-unsaturated/α-hetero) is 1. The summed E-state index contributed by atoms with van der Waals surface area (Å²) in [5.74, 6) is 1.63. The summed E-state index contributed by atoms with van der Waals surface area (Å²) in [4.78, 5) is 24.1. The van der Waals surface area contributed by atoms with Gasteiger partial charge in [-0.2, -0.15) is 11.8 Å². The van der Waals surface area contributed by atoms with Gasteiger partial charge in [0.05, 0.1) is 15.6 Å². The summed E-state index contributed by atoms with van der Waals surface area (Å²) < 4.78 is 0. The number of H-pyrrole nitrogens is 1. The van der Waals surface area contributed by atoms with Gasteiger partial charge in [0, 0.05) is 29.9 Å². The van der Waals surface area contributed by atoms with Gasteiger partial charge in [0.2, 0.25) is 0 Å². The maximum atomic E-state index is 12.4. The predicted octanol–water partition coefficient (Wildman–Crippen LogP) is 7.27. The van der Waals surface area contributed by atoms with E-state index in [0.29, 0.717) is 28.8 Å². The number of rotatable bonds is 8. The van der Waals surface area contributed by atoms with E-state index >= 15 is 0 Å². The molecule has 30 heavy (non-hydrogen) atoms. The second-order valence-corrected chi connectivity index (χ2v) is 8.71. The van der Waals surface area contributed by atoms with Gasteiger partial charge in [0.25, 0.3) is 0 Å². The van der Waals surface area contributed by atoms with Crippen LogP contribution in [0.5, 0.6) is 0 Å². The van der Waals surface area contributed by atoms with Gasteiger partial charge in [-0.3, -0.25) is 4.79 Å². The Kier molecular flexibility index (Phi) is 9.66. The fourth-order valence-electron chi connectivity index (χ4n) is 3.45. The van der Waals surface area contributed by atoms with Crippen LogP contribution in [0.3, 0.4) is 0 Å². The summed E-state index contributed by atoms with van der Waals surface area (Å²) in [7, 11) is 0. The molecule has 0 radical (unpaired) electrons. The Morgan fingerprint density at radius 2 is 1.87 bits per heavy atom. The zero-order valence-electron chi connectivity index (χ0n) is 18.2. The molecule has 3 rings (SSSR count). The average Bonchev–Trinajstić information content (AvgIpc) is 3.12. The summed E-state index contributed by atoms with van der Waals surface area (Å²) >= 11 is 14.4. The number of halogens is 2. The molecule has 2 aromatic heterocycles. The standard InChI is InChI=1S/C21H23Cl2N3OS.C2H6/c1-12-9-24-21(25-10-12)17(27)6-4-5-16-18(13(2)11-28-3)14-7-8-15(22)19(23)20(14)26-16;1-2/h7-10,13,26H,4-6,11H2,1-3H3;1-2H3. The van der Waals surface area contributed by atoms with Crippen LogP contribution in [0, 0.1) is 6.92 Å². The van der Waals surface area contributed by atoms with Crippen molar-refractivity contribution in [1.29, 1.82) is 0 Å². The molecule has 1 unspecified atom stereocenters. The number of nitrogens with zero attached hydrogens (tertiary/aromatic N) is 2. The molecule has 0 aliphatic heterocycles. The average molecular weight is 466 g/mol. The van der Waals surface area contributed by atoms with E-state index in [2.05, 4.69) is 28.1 Å². The Bertz CT molecular complexity index is 986. The molecule has 0 aliphatic carbocycles. The van der Waals surface area contributed by atoms with Gasteiger partial charge < -0.3 is 4.98 Å². The molecule has 2 heterocycles. The van der Waals surface area contributed by atoms with E-state index in [1.807, 2.05) is 44.7 Å². The van der Waals surface area contributed by atoms with Crippen molar-refractivity contribution < 1.29 is 4.79 Å². The third kappa shape index (κ3) is 5.77. The SMILES string of the molecule is CC.CSCC(C)c1c(CCCC(=O)c2ncc(C)cn2)[nH]c2c(Cl)c(Cl)ccc12. The second kappa shape index (κ2) is 11.7. The number of nitrogens with one attached hydrogen (secondary N) is 1. The molecule has 3 aromatic rings. The van der Waals surface area contributed by atoms with Crippen LogP contribution < -0.4 is 0 Å². The quantitative estimate of drug-likeness (QED) is 0.355. The Hall–Kier alpha value is -1.56. The minimum Gasteiger partial charge on any atom is -0.357 e. The highest BCUT2D eigenvalue weighted by atomic mass is 35.5. The number of fused-ring (bicyclic) bond motifs is 1. The summed E-state index contributed by atoms with van der Waals surface area (Å²) in [5.41, 5.74) is 4.21. The highest BCUT2D eigenvalue weighted by Crippen LogP contribution is 2.37. The number of aromatic amines is 1. The first-order valence-corrected chi connectivity index (χ1v) is 12.4. The van der Waals surface area contributed by atoms with Gasteiger partial charge in [0.1, 0.15) is 0 Å². The minimum atomic E-state index is -0.0316. The van der Waals surface area contributed by atoms with E-state index in [0.717, 1.165) is 34.3 Å². The van der Waals surface area contributed by atoms with Crippen molar-refractivity contribution in [2.24, 2.45) is 0 Å². The van der Waals surface area contributed by atoms with Crippen LogP contribution >= 0.6 is 35.0 Å². The van der Waals surface area contributed by atoms with E-state index in [9.17, 15) is 4.79 Å². The number of aryl methyl sites for hydroxylation is 2. The molecule has 0 saturated carbocycles. The van der Waals surface area contributed by atoms with E-state index in [1.165, 1.54) is 5.56 Å². The smallest absolute Gasteiger partial charge is 0.200 e. The maximum Gasteiger partial charge on any atom is 0.200 e. The van der Waals surface area contributed by atoms with Gasteiger partial charge >= 0.3 is 0 Å². The van der Waals surface area contributed by atoms with Gasteiger partial charge in [-0.1, -0.05) is 50.0 Å². The Labute approximate surface area is 193 Å². The number of carbonyl (C=O) groups excluding carboxylic acids is 1. The van der Waals surface area contributed by atoms with Crippen molar-refractivity contribution in [3.63, 3.8) is 0 Å². The molecule has 0 amide bonds. The largest absolute Gasteiger partial charge is 0.357 e. The van der Waals surface area contributed by atoms with Crippen molar-refractivity contribution in [3.05, 3.63) is 57.2 Å². The predicted molar refractivity (Wildman–Crippen MR) is 131 cm³/mol. The number of hydrogen-bond acceptors (Lipinski definition) is 4. The molecule has 1 aromatic carbocycles. The number of thioether (sulfide) groups is 1. The lowest BCUT2D eigenvalue weighted by Crippen LogP contribution is -2.06. The molecule has 7 heteroatoms. The van der Waals surface area contributed by atoms with Gasteiger partial charge in [-0.05, 0) is 54.9 Å². The first-order chi connectivity index (χ1) is 14.4. The Morgan fingerprint density at radius 1 is 1.20 bits per heavy atom. The number of carbonyl (C=O) groups is 1. The fourth-order valence-corrected chi connectivity index (χ4v) is 4.48. The molecule has 0 saturated heterocycles. The first kappa shape index (κ1) is 24.7. The van der Waals surface area contributed by atoms with Gasteiger partial charge in [-0.25, -0.2) is 9.97 Å². The zero-order valence-corrected chi connectivity index (χ0v) is 20.5. The monoisotopic (exact) mass is 465 g/mol. The van der Waals surface area contributed by atoms with Crippen LogP contribution in [0.4, 0.5) is 0 Å². The number of benzene rings is 1. The lowest BCUT2D eigenvalue weighted by atomic mass is 9.96. The van der Waals surface area contributed by atoms with Crippen molar-refractivity contribution >= 4 is 51.6 Å². The van der Waals surface area contributed by atoms with Crippen LogP contribution in [0.1, 0.15) is 67.0 Å². The second-order valence-electron chi connectivity index (χ2n) is 7.02. The van der Waals surface area contributed by atoms with E-state index < -0.39 is 0 Å². The molecule has 162 valence electrons. The summed E-state index contributed by atoms with van der Waals surface area (Å²) in [6.45, 7) is 8.12. The summed E-state index contributed by atoms with van der Waals surface area (Å²) in [5, 5.41) is 2.20. The topological polar surface area (TPSA) is 58.6 Å². The third-order valence-corrected chi connectivity index (χ3v) is 6.39. The molecule has 0 aliphatic rings. The summed E-state index contributed by atoms with van der Waals surface area (Å²) in [6, 6.07) is 3.87. The molecular formula is C23H29Cl2N3OS. The number of ketones is 1. The number of aromatic nitrogens is 3. The van der Waals surface area contributed by atoms with E-state index in [4.69, 9.17) is 23.2 Å². The lowest BCUT2D eigenvalue weighted by molar-refractivity contribution is 0.0970. The molecule has 0 spiro atoms. The van der Waals surface area contributed by atoms with Crippen LogP contribution in [0.15, 0.2) is 24.5 Å². The molecule has 0 fully saturated rings. The van der Waals surface area contributed by atoms with E-state index in [1.54, 1.807) is 12.4 Å². The normalized spacial score (nSPS) is 11.8. The molecular weight excluding hydrogens is 437 g/mol. The highest BCUT2D eigenvalue weighted by Gasteiger charge is 2.20. The van der Waals surface area contributed by atoms with Crippen molar-refractivity contribution in [2.75, 3.05) is 12.0 Å².